The first-order chi connectivity index (χ1) is 9.83. The minimum absolute atomic E-state index is 0.0449. The maximum Gasteiger partial charge on any atom is 0.266 e. The summed E-state index contributed by atoms with van der Waals surface area (Å²) in [5.74, 6) is 0.542. The molecule has 1 aromatic heterocycles. The monoisotopic (exact) mass is 434 g/mol. The van der Waals surface area contributed by atoms with Crippen LogP contribution in [-0.4, -0.2) is 20.5 Å². The van der Waals surface area contributed by atoms with Crippen molar-refractivity contribution in [2.75, 3.05) is 11.8 Å². The molecule has 0 aliphatic carbocycles. The van der Waals surface area contributed by atoms with Crippen molar-refractivity contribution in [1.82, 2.24) is 4.98 Å². The lowest BCUT2D eigenvalue weighted by Crippen LogP contribution is -2.15. The molecule has 0 radical (unpaired) electrons. The smallest absolute Gasteiger partial charge is 0.266 e. The van der Waals surface area contributed by atoms with Crippen molar-refractivity contribution in [2.24, 2.45) is 0 Å². The van der Waals surface area contributed by atoms with Gasteiger partial charge in [-0.15, -0.1) is 0 Å². The van der Waals surface area contributed by atoms with Crippen molar-refractivity contribution in [3.8, 4) is 5.75 Å². The largest absolute Gasteiger partial charge is 0.495 e. The third kappa shape index (κ3) is 3.75. The highest BCUT2D eigenvalue weighted by Crippen LogP contribution is 2.29. The number of hydrogen-bond acceptors (Lipinski definition) is 4. The van der Waals surface area contributed by atoms with Crippen molar-refractivity contribution in [1.29, 1.82) is 0 Å². The normalized spacial score (nSPS) is 11.2. The number of sulfonamides is 1. The Balaban J connectivity index is 2.45. The zero-order valence-corrected chi connectivity index (χ0v) is 15.2. The van der Waals surface area contributed by atoms with Crippen molar-refractivity contribution >= 4 is 47.7 Å². The Bertz CT molecular complexity index is 779. The summed E-state index contributed by atoms with van der Waals surface area (Å²) in [4.78, 5) is 4.12. The van der Waals surface area contributed by atoms with Crippen LogP contribution in [0.5, 0.6) is 5.75 Å². The summed E-state index contributed by atoms with van der Waals surface area (Å²) in [6.07, 6.45) is 1.53. The Morgan fingerprint density at radius 3 is 2.52 bits per heavy atom. The number of halogens is 2. The zero-order valence-electron chi connectivity index (χ0n) is 11.2. The van der Waals surface area contributed by atoms with E-state index in [4.69, 9.17) is 4.74 Å². The third-order valence-electron chi connectivity index (χ3n) is 2.69. The summed E-state index contributed by atoms with van der Waals surface area (Å²) in [6, 6.07) is 6.56. The molecule has 8 heteroatoms. The number of nitrogens with zero attached hydrogens (tertiary/aromatic N) is 1. The number of benzene rings is 1. The van der Waals surface area contributed by atoms with E-state index in [-0.39, 0.29) is 16.5 Å². The van der Waals surface area contributed by atoms with Gasteiger partial charge in [0, 0.05) is 15.1 Å². The second kappa shape index (κ2) is 6.33. The van der Waals surface area contributed by atoms with Gasteiger partial charge in [0.1, 0.15) is 16.5 Å². The molecule has 0 atom stereocenters. The number of anilines is 1. The van der Waals surface area contributed by atoms with Crippen LogP contribution >= 0.6 is 31.9 Å². The summed E-state index contributed by atoms with van der Waals surface area (Å²) < 4.78 is 34.0. The summed E-state index contributed by atoms with van der Waals surface area (Å²) in [7, 11) is -2.37. The molecule has 0 amide bonds. The van der Waals surface area contributed by atoms with E-state index in [9.17, 15) is 8.42 Å². The lowest BCUT2D eigenvalue weighted by atomic mass is 10.3. The summed E-state index contributed by atoms with van der Waals surface area (Å²) in [5.41, 5.74) is 0.710. The van der Waals surface area contributed by atoms with E-state index in [0.717, 1.165) is 4.47 Å². The van der Waals surface area contributed by atoms with Crippen molar-refractivity contribution < 1.29 is 13.2 Å². The fourth-order valence-electron chi connectivity index (χ4n) is 1.69. The highest BCUT2D eigenvalue weighted by molar-refractivity contribution is 9.10. The van der Waals surface area contributed by atoms with Gasteiger partial charge in [-0.25, -0.2) is 13.4 Å². The third-order valence-corrected chi connectivity index (χ3v) is 4.98. The molecule has 112 valence electrons. The Morgan fingerprint density at radius 2 is 1.90 bits per heavy atom. The van der Waals surface area contributed by atoms with Crippen LogP contribution in [0.4, 0.5) is 5.82 Å². The maximum absolute atomic E-state index is 12.5. The van der Waals surface area contributed by atoms with Gasteiger partial charge in [0.2, 0.25) is 0 Å². The van der Waals surface area contributed by atoms with E-state index in [1.165, 1.54) is 19.4 Å². The molecular weight excluding hydrogens is 424 g/mol. The molecule has 1 aromatic carbocycles. The molecule has 0 aliphatic rings. The van der Waals surface area contributed by atoms with E-state index < -0.39 is 10.0 Å². The average Bonchev–Trinajstić information content (AvgIpc) is 2.42. The molecule has 0 bridgehead atoms. The number of rotatable bonds is 4. The fraction of sp³-hybridized carbons (Fsp3) is 0.154. The molecule has 2 aromatic rings. The highest BCUT2D eigenvalue weighted by atomic mass is 79.9. The van der Waals surface area contributed by atoms with Crippen LogP contribution in [0.3, 0.4) is 0 Å². The first-order valence-electron chi connectivity index (χ1n) is 5.82. The van der Waals surface area contributed by atoms with Gasteiger partial charge in [0.25, 0.3) is 10.0 Å². The van der Waals surface area contributed by atoms with E-state index >= 15 is 0 Å². The number of ether oxygens (including phenoxy) is 1. The highest BCUT2D eigenvalue weighted by Gasteiger charge is 2.21. The van der Waals surface area contributed by atoms with E-state index in [1.807, 2.05) is 0 Å². The first-order valence-corrected chi connectivity index (χ1v) is 8.89. The topological polar surface area (TPSA) is 68.3 Å². The second-order valence-corrected chi connectivity index (χ2v) is 7.70. The van der Waals surface area contributed by atoms with Crippen LogP contribution in [-0.2, 0) is 10.0 Å². The molecule has 21 heavy (non-hydrogen) atoms. The second-order valence-electron chi connectivity index (χ2n) is 4.22. The van der Waals surface area contributed by atoms with Crippen LogP contribution in [0.25, 0.3) is 0 Å². The van der Waals surface area contributed by atoms with Gasteiger partial charge in [-0.2, -0.15) is 0 Å². The maximum atomic E-state index is 12.5. The quantitative estimate of drug-likeness (QED) is 0.794. The molecule has 0 unspecified atom stereocenters. The van der Waals surface area contributed by atoms with Gasteiger partial charge < -0.3 is 4.74 Å². The number of methoxy groups -OCH3 is 1. The van der Waals surface area contributed by atoms with E-state index in [1.54, 1.807) is 25.1 Å². The minimum Gasteiger partial charge on any atom is -0.495 e. The lowest BCUT2D eigenvalue weighted by Gasteiger charge is -2.12. The predicted octanol–water partition coefficient (Wildman–Crippen LogP) is 3.72. The molecule has 2 rings (SSSR count). The Hall–Kier alpha value is -1.12. The van der Waals surface area contributed by atoms with Gasteiger partial charge in [0.05, 0.1) is 7.11 Å². The molecule has 0 aliphatic heterocycles. The standard InChI is InChI=1S/C13H12Br2N2O3S/c1-8-5-10(15)7-16-13(8)17-21(18,19)12-6-9(14)3-4-11(12)20-2/h3-7H,1-2H3,(H,16,17). The Morgan fingerprint density at radius 1 is 1.19 bits per heavy atom. The molecule has 0 spiro atoms. The van der Waals surface area contributed by atoms with Crippen molar-refractivity contribution in [3.05, 3.63) is 45.0 Å². The van der Waals surface area contributed by atoms with Crippen LogP contribution in [0.15, 0.2) is 44.3 Å². The van der Waals surface area contributed by atoms with Gasteiger partial charge in [-0.1, -0.05) is 15.9 Å². The average molecular weight is 436 g/mol. The number of aromatic nitrogens is 1. The molecule has 0 fully saturated rings. The summed E-state index contributed by atoms with van der Waals surface area (Å²) in [5, 5.41) is 0. The Labute approximate surface area is 140 Å². The zero-order chi connectivity index (χ0) is 15.6. The van der Waals surface area contributed by atoms with Gasteiger partial charge in [-0.05, 0) is 52.7 Å². The van der Waals surface area contributed by atoms with Crippen LogP contribution in [0.2, 0.25) is 0 Å². The molecular formula is C13H12Br2N2O3S. The molecule has 1 N–H and O–H groups in total. The van der Waals surface area contributed by atoms with Crippen molar-refractivity contribution in [2.45, 2.75) is 11.8 Å². The first kappa shape index (κ1) is 16.3. The summed E-state index contributed by atoms with van der Waals surface area (Å²) in [6.45, 7) is 1.77. The van der Waals surface area contributed by atoms with Gasteiger partial charge >= 0.3 is 0 Å². The van der Waals surface area contributed by atoms with Crippen molar-refractivity contribution in [3.63, 3.8) is 0 Å². The molecule has 0 saturated heterocycles. The molecule has 5 nitrogen and oxygen atoms in total. The lowest BCUT2D eigenvalue weighted by molar-refractivity contribution is 0.403. The summed E-state index contributed by atoms with van der Waals surface area (Å²) >= 11 is 6.55. The SMILES string of the molecule is COc1ccc(Br)cc1S(=O)(=O)Nc1ncc(Br)cc1C. The fourth-order valence-corrected chi connectivity index (χ4v) is 3.93. The van der Waals surface area contributed by atoms with Gasteiger partial charge in [-0.3, -0.25) is 4.72 Å². The number of hydrogen-bond donors (Lipinski definition) is 1. The van der Waals surface area contributed by atoms with Gasteiger partial charge in [0.15, 0.2) is 0 Å². The van der Waals surface area contributed by atoms with E-state index in [0.29, 0.717) is 10.0 Å². The predicted molar refractivity (Wildman–Crippen MR) is 88.2 cm³/mol. The number of nitrogens with one attached hydrogen (secondary N) is 1. The van der Waals surface area contributed by atoms with Crippen LogP contribution in [0, 0.1) is 6.92 Å². The minimum atomic E-state index is -3.80. The molecule has 1 heterocycles. The van der Waals surface area contributed by atoms with Crippen LogP contribution < -0.4 is 9.46 Å². The molecule has 0 saturated carbocycles. The number of pyridine rings is 1. The number of aryl methyl sites for hydroxylation is 1. The van der Waals surface area contributed by atoms with E-state index in [2.05, 4.69) is 41.6 Å². The van der Waals surface area contributed by atoms with Crippen LogP contribution in [0.1, 0.15) is 5.56 Å². The Kier molecular flexibility index (Phi) is 4.90.